The molecular weight excluding hydrogens is 394 g/mol. The van der Waals surface area contributed by atoms with Crippen molar-refractivity contribution in [2.24, 2.45) is 0 Å². The van der Waals surface area contributed by atoms with E-state index < -0.39 is 5.25 Å². The number of thiophene rings is 1. The molecule has 0 aliphatic rings. The van der Waals surface area contributed by atoms with Crippen molar-refractivity contribution in [3.63, 3.8) is 0 Å². The molecular formula is C19H21N5O2S2. The van der Waals surface area contributed by atoms with E-state index in [1.807, 2.05) is 49.6 Å². The average molecular weight is 416 g/mol. The first-order valence-electron chi connectivity index (χ1n) is 8.70. The first kappa shape index (κ1) is 20.1. The van der Waals surface area contributed by atoms with Gasteiger partial charge in [0.25, 0.3) is 0 Å². The van der Waals surface area contributed by atoms with Crippen LogP contribution in [-0.4, -0.2) is 38.8 Å². The molecule has 0 radical (unpaired) electrons. The van der Waals surface area contributed by atoms with Crippen LogP contribution in [0.15, 0.2) is 40.9 Å². The number of amides is 2. The fourth-order valence-electron chi connectivity index (χ4n) is 2.54. The summed E-state index contributed by atoms with van der Waals surface area (Å²) < 4.78 is 0. The third-order valence-corrected chi connectivity index (χ3v) is 5.88. The number of thioether (sulfide) groups is 1. The minimum Gasteiger partial charge on any atom is -0.346 e. The summed E-state index contributed by atoms with van der Waals surface area (Å²) in [6.07, 6.45) is 0. The van der Waals surface area contributed by atoms with E-state index in [1.165, 1.54) is 11.8 Å². The second kappa shape index (κ2) is 9.03. The van der Waals surface area contributed by atoms with E-state index in [9.17, 15) is 9.59 Å². The lowest BCUT2D eigenvalue weighted by Crippen LogP contribution is -2.37. The normalized spacial score (nSPS) is 11.8. The Kier molecular flexibility index (Phi) is 6.48. The summed E-state index contributed by atoms with van der Waals surface area (Å²) in [4.78, 5) is 29.9. The van der Waals surface area contributed by atoms with Gasteiger partial charge in [0.15, 0.2) is 5.82 Å². The number of carbonyl (C=O) groups is 2. The molecule has 28 heavy (non-hydrogen) atoms. The van der Waals surface area contributed by atoms with Crippen LogP contribution in [0.25, 0.3) is 10.7 Å². The van der Waals surface area contributed by atoms with Gasteiger partial charge < -0.3 is 10.6 Å². The number of hydrogen-bond acceptors (Lipinski definition) is 6. The molecule has 3 rings (SSSR count). The highest BCUT2D eigenvalue weighted by Crippen LogP contribution is 2.25. The molecule has 3 aromatic rings. The minimum absolute atomic E-state index is 0.0913. The Morgan fingerprint density at radius 1 is 1.21 bits per heavy atom. The number of aromatic amines is 1. The van der Waals surface area contributed by atoms with Gasteiger partial charge in [0.2, 0.25) is 17.0 Å². The standard InChI is InChI=1S/C19H21N5O2S2/c1-11-6-4-7-12(2)16(11)21-15(25)10-20-18(26)13(3)28-19-22-17(23-24-19)14-8-5-9-27-14/h4-9,13H,10H2,1-3H3,(H,20,26)(H,21,25)(H,22,23,24). The summed E-state index contributed by atoms with van der Waals surface area (Å²) in [7, 11) is 0. The first-order valence-corrected chi connectivity index (χ1v) is 10.5. The lowest BCUT2D eigenvalue weighted by atomic mass is 10.1. The lowest BCUT2D eigenvalue weighted by Gasteiger charge is -2.13. The van der Waals surface area contributed by atoms with E-state index in [2.05, 4.69) is 25.8 Å². The minimum atomic E-state index is -0.431. The molecule has 0 saturated carbocycles. The third kappa shape index (κ3) is 4.99. The number of carbonyl (C=O) groups excluding carboxylic acids is 2. The summed E-state index contributed by atoms with van der Waals surface area (Å²) in [5.41, 5.74) is 2.75. The quantitative estimate of drug-likeness (QED) is 0.514. The molecule has 1 atom stereocenters. The molecule has 0 aliphatic heterocycles. The van der Waals surface area contributed by atoms with Crippen molar-refractivity contribution < 1.29 is 9.59 Å². The van der Waals surface area contributed by atoms with E-state index in [0.29, 0.717) is 11.0 Å². The molecule has 1 aromatic carbocycles. The van der Waals surface area contributed by atoms with Gasteiger partial charge >= 0.3 is 0 Å². The Balaban J connectivity index is 1.50. The first-order chi connectivity index (χ1) is 13.4. The molecule has 9 heteroatoms. The van der Waals surface area contributed by atoms with Gasteiger partial charge in [-0.2, -0.15) is 0 Å². The zero-order valence-electron chi connectivity index (χ0n) is 15.8. The number of aryl methyl sites for hydroxylation is 2. The molecule has 146 valence electrons. The topological polar surface area (TPSA) is 99.8 Å². The van der Waals surface area contributed by atoms with Crippen molar-refractivity contribution in [3.8, 4) is 10.7 Å². The predicted octanol–water partition coefficient (Wildman–Crippen LogP) is 3.39. The Morgan fingerprint density at radius 3 is 2.64 bits per heavy atom. The average Bonchev–Trinajstić information content (AvgIpc) is 3.34. The maximum absolute atomic E-state index is 12.3. The molecule has 7 nitrogen and oxygen atoms in total. The van der Waals surface area contributed by atoms with Crippen molar-refractivity contribution in [2.75, 3.05) is 11.9 Å². The van der Waals surface area contributed by atoms with Crippen LogP contribution in [0, 0.1) is 13.8 Å². The highest BCUT2D eigenvalue weighted by atomic mass is 32.2. The van der Waals surface area contributed by atoms with Gasteiger partial charge in [0.1, 0.15) is 0 Å². The third-order valence-electron chi connectivity index (χ3n) is 4.04. The number of nitrogens with one attached hydrogen (secondary N) is 3. The summed E-state index contributed by atoms with van der Waals surface area (Å²) >= 11 is 2.80. The largest absolute Gasteiger partial charge is 0.346 e. The number of rotatable bonds is 7. The van der Waals surface area contributed by atoms with Gasteiger partial charge in [-0.05, 0) is 43.3 Å². The fraction of sp³-hybridized carbons (Fsp3) is 0.263. The van der Waals surface area contributed by atoms with Gasteiger partial charge in [-0.15, -0.1) is 16.4 Å². The number of para-hydroxylation sites is 1. The van der Waals surface area contributed by atoms with Crippen molar-refractivity contribution >= 4 is 40.6 Å². The molecule has 2 amide bonds. The molecule has 3 N–H and O–H groups in total. The number of nitrogens with zero attached hydrogens (tertiary/aromatic N) is 2. The molecule has 0 fully saturated rings. The summed E-state index contributed by atoms with van der Waals surface area (Å²) in [6.45, 7) is 5.53. The molecule has 0 bridgehead atoms. The molecule has 0 saturated heterocycles. The zero-order valence-corrected chi connectivity index (χ0v) is 17.4. The number of H-pyrrole nitrogens is 1. The van der Waals surface area contributed by atoms with Crippen LogP contribution in [0.5, 0.6) is 0 Å². The Morgan fingerprint density at radius 2 is 1.96 bits per heavy atom. The molecule has 2 aromatic heterocycles. The van der Waals surface area contributed by atoms with E-state index in [0.717, 1.165) is 21.7 Å². The van der Waals surface area contributed by atoms with Crippen molar-refractivity contribution in [1.29, 1.82) is 0 Å². The lowest BCUT2D eigenvalue weighted by molar-refractivity contribution is -0.123. The number of anilines is 1. The smallest absolute Gasteiger partial charge is 0.243 e. The van der Waals surface area contributed by atoms with Crippen LogP contribution in [0.2, 0.25) is 0 Å². The summed E-state index contributed by atoms with van der Waals surface area (Å²) in [5, 5.41) is 14.5. The summed E-state index contributed by atoms with van der Waals surface area (Å²) in [6, 6.07) is 9.69. The van der Waals surface area contributed by atoms with Gasteiger partial charge in [0, 0.05) is 5.69 Å². The maximum Gasteiger partial charge on any atom is 0.243 e. The molecule has 2 heterocycles. The van der Waals surface area contributed by atoms with Crippen LogP contribution in [0.4, 0.5) is 5.69 Å². The number of benzene rings is 1. The maximum atomic E-state index is 12.3. The van der Waals surface area contributed by atoms with Gasteiger partial charge in [-0.25, -0.2) is 4.98 Å². The van der Waals surface area contributed by atoms with E-state index in [4.69, 9.17) is 0 Å². The van der Waals surface area contributed by atoms with Crippen LogP contribution in [-0.2, 0) is 9.59 Å². The van der Waals surface area contributed by atoms with E-state index in [1.54, 1.807) is 18.3 Å². The Hall–Kier alpha value is -2.65. The van der Waals surface area contributed by atoms with Crippen molar-refractivity contribution in [2.45, 2.75) is 31.2 Å². The zero-order chi connectivity index (χ0) is 20.1. The second-order valence-electron chi connectivity index (χ2n) is 6.24. The Bertz CT molecular complexity index is 948. The van der Waals surface area contributed by atoms with Crippen molar-refractivity contribution in [1.82, 2.24) is 20.5 Å². The predicted molar refractivity (Wildman–Crippen MR) is 113 cm³/mol. The molecule has 0 spiro atoms. The summed E-state index contributed by atoms with van der Waals surface area (Å²) in [5.74, 6) is 0.169. The van der Waals surface area contributed by atoms with Gasteiger partial charge in [-0.3, -0.25) is 14.7 Å². The highest BCUT2D eigenvalue weighted by Gasteiger charge is 2.18. The number of aromatic nitrogens is 3. The van der Waals surface area contributed by atoms with E-state index >= 15 is 0 Å². The SMILES string of the molecule is Cc1cccc(C)c1NC(=O)CNC(=O)C(C)Sc1n[nH]c(-c2cccs2)n1. The number of hydrogen-bond donors (Lipinski definition) is 3. The Labute approximate surface area is 171 Å². The monoisotopic (exact) mass is 415 g/mol. The van der Waals surface area contributed by atoms with Gasteiger partial charge in [-0.1, -0.05) is 36.0 Å². The van der Waals surface area contributed by atoms with E-state index in [-0.39, 0.29) is 18.4 Å². The highest BCUT2D eigenvalue weighted by molar-refractivity contribution is 8.00. The van der Waals surface area contributed by atoms with Gasteiger partial charge in [0.05, 0.1) is 16.7 Å². The van der Waals surface area contributed by atoms with Crippen LogP contribution < -0.4 is 10.6 Å². The molecule has 1 unspecified atom stereocenters. The molecule has 0 aliphatic carbocycles. The van der Waals surface area contributed by atoms with Crippen molar-refractivity contribution in [3.05, 3.63) is 46.8 Å². The fourth-order valence-corrected chi connectivity index (χ4v) is 3.95. The second-order valence-corrected chi connectivity index (χ2v) is 8.49. The van der Waals surface area contributed by atoms with Crippen LogP contribution in [0.3, 0.4) is 0 Å². The van der Waals surface area contributed by atoms with Crippen LogP contribution in [0.1, 0.15) is 18.1 Å². The van der Waals surface area contributed by atoms with Crippen LogP contribution >= 0.6 is 23.1 Å².